The largest absolute Gasteiger partial charge is 0.314 e. The molecule has 0 unspecified atom stereocenters. The average Bonchev–Trinajstić information content (AvgIpc) is 2.79. The normalized spacial score (nSPS) is 24.8. The van der Waals surface area contributed by atoms with Crippen LogP contribution in [0.2, 0.25) is 0 Å². The lowest BCUT2D eigenvalue weighted by atomic mass is 9.91. The molecule has 0 saturated heterocycles. The molecule has 0 aliphatic heterocycles. The van der Waals surface area contributed by atoms with E-state index in [-0.39, 0.29) is 0 Å². The maximum atomic E-state index is 4.06. The van der Waals surface area contributed by atoms with Crippen molar-refractivity contribution in [2.75, 3.05) is 6.54 Å². The van der Waals surface area contributed by atoms with E-state index in [4.69, 9.17) is 0 Å². The zero-order valence-electron chi connectivity index (χ0n) is 21.5. The topological polar surface area (TPSA) is 12.0 Å². The first kappa shape index (κ1) is 27.2. The van der Waals surface area contributed by atoms with E-state index in [9.17, 15) is 0 Å². The number of nitrogens with one attached hydrogen (secondary N) is 1. The molecule has 0 bridgehead atoms. The van der Waals surface area contributed by atoms with Crippen LogP contribution in [0.5, 0.6) is 0 Å². The number of hydrogen-bond acceptors (Lipinski definition) is 1. The fourth-order valence-corrected chi connectivity index (χ4v) is 6.10. The van der Waals surface area contributed by atoms with Crippen LogP contribution >= 0.6 is 0 Å². The van der Waals surface area contributed by atoms with Gasteiger partial charge >= 0.3 is 0 Å². The minimum absolute atomic E-state index is 0.805. The van der Waals surface area contributed by atoms with Crippen molar-refractivity contribution in [3.05, 3.63) is 0 Å². The molecule has 0 heterocycles. The summed E-state index contributed by atoms with van der Waals surface area (Å²) in [7, 11) is 0. The Morgan fingerprint density at radius 1 is 0.355 bits per heavy atom. The van der Waals surface area contributed by atoms with Crippen molar-refractivity contribution in [1.82, 2.24) is 5.32 Å². The van der Waals surface area contributed by atoms with Gasteiger partial charge in [-0.25, -0.2) is 0 Å². The van der Waals surface area contributed by atoms with Gasteiger partial charge in [0.15, 0.2) is 0 Å². The molecule has 1 heteroatoms. The van der Waals surface area contributed by atoms with Gasteiger partial charge in [-0.05, 0) is 31.7 Å². The molecule has 2 rings (SSSR count). The van der Waals surface area contributed by atoms with Gasteiger partial charge in [-0.2, -0.15) is 0 Å². The summed E-state index contributed by atoms with van der Waals surface area (Å²) < 4.78 is 0. The third-order valence-corrected chi connectivity index (χ3v) is 8.32. The van der Waals surface area contributed by atoms with Crippen molar-refractivity contribution in [3.8, 4) is 0 Å². The van der Waals surface area contributed by atoms with Crippen LogP contribution in [-0.4, -0.2) is 12.6 Å². The second kappa shape index (κ2) is 20.6. The second-order valence-electron chi connectivity index (χ2n) is 11.2. The third kappa shape index (κ3) is 16.3. The standard InChI is InChI=1S/C30H59N/c1-2-4-10-14-18-22-26-30(25-21-17-13-9-3-1)31-28-27-29-23-19-15-11-7-5-6-8-12-16-20-24-29/h29-31H,1-28H2. The monoisotopic (exact) mass is 433 g/mol. The van der Waals surface area contributed by atoms with Crippen LogP contribution < -0.4 is 5.32 Å². The molecule has 2 fully saturated rings. The van der Waals surface area contributed by atoms with E-state index >= 15 is 0 Å². The fourth-order valence-electron chi connectivity index (χ4n) is 6.10. The Morgan fingerprint density at radius 3 is 1.00 bits per heavy atom. The van der Waals surface area contributed by atoms with Gasteiger partial charge in [-0.1, -0.05) is 154 Å². The Kier molecular flexibility index (Phi) is 18.0. The highest BCUT2D eigenvalue weighted by Gasteiger charge is 2.12. The predicted molar refractivity (Wildman–Crippen MR) is 140 cm³/mol. The minimum atomic E-state index is 0.805. The Balaban J connectivity index is 1.67. The maximum absolute atomic E-state index is 4.06. The van der Waals surface area contributed by atoms with E-state index in [1.165, 1.54) is 180 Å². The molecule has 2 saturated carbocycles. The van der Waals surface area contributed by atoms with Crippen molar-refractivity contribution < 1.29 is 0 Å². The van der Waals surface area contributed by atoms with Crippen molar-refractivity contribution in [3.63, 3.8) is 0 Å². The Labute approximate surface area is 197 Å². The van der Waals surface area contributed by atoms with Crippen molar-refractivity contribution in [2.45, 2.75) is 179 Å². The molecule has 0 spiro atoms. The summed E-state index contributed by atoms with van der Waals surface area (Å²) >= 11 is 0. The highest BCUT2D eigenvalue weighted by atomic mass is 14.9. The first-order valence-corrected chi connectivity index (χ1v) is 15.2. The zero-order valence-corrected chi connectivity index (χ0v) is 21.5. The first-order chi connectivity index (χ1) is 15.4. The number of rotatable bonds is 4. The van der Waals surface area contributed by atoms with E-state index in [0.717, 1.165) is 12.0 Å². The van der Waals surface area contributed by atoms with Crippen molar-refractivity contribution in [2.24, 2.45) is 5.92 Å². The zero-order chi connectivity index (χ0) is 21.7. The molecule has 184 valence electrons. The van der Waals surface area contributed by atoms with Gasteiger partial charge in [-0.15, -0.1) is 0 Å². The van der Waals surface area contributed by atoms with Crippen molar-refractivity contribution in [1.29, 1.82) is 0 Å². The molecular formula is C30H59N. The van der Waals surface area contributed by atoms with Gasteiger partial charge in [0.1, 0.15) is 0 Å². The second-order valence-corrected chi connectivity index (χ2v) is 11.2. The Morgan fingerprint density at radius 2 is 0.645 bits per heavy atom. The molecule has 2 aliphatic carbocycles. The summed E-state index contributed by atoms with van der Waals surface area (Å²) in [5, 5.41) is 4.06. The molecule has 1 nitrogen and oxygen atoms in total. The van der Waals surface area contributed by atoms with Gasteiger partial charge in [0.25, 0.3) is 0 Å². The summed E-state index contributed by atoms with van der Waals surface area (Å²) in [5.74, 6) is 0.996. The Bertz CT molecular complexity index is 335. The van der Waals surface area contributed by atoms with E-state index < -0.39 is 0 Å². The van der Waals surface area contributed by atoms with Crippen molar-refractivity contribution >= 4 is 0 Å². The molecule has 0 atom stereocenters. The van der Waals surface area contributed by atoms with Crippen LogP contribution in [0.3, 0.4) is 0 Å². The highest BCUT2D eigenvalue weighted by molar-refractivity contribution is 4.70. The fraction of sp³-hybridized carbons (Fsp3) is 1.00. The lowest BCUT2D eigenvalue weighted by molar-refractivity contribution is 0.349. The van der Waals surface area contributed by atoms with Crippen LogP contribution in [-0.2, 0) is 0 Å². The maximum Gasteiger partial charge on any atom is 0.00670 e. The summed E-state index contributed by atoms with van der Waals surface area (Å²) in [6.07, 6.45) is 40.0. The molecule has 1 N–H and O–H groups in total. The lowest BCUT2D eigenvalue weighted by Crippen LogP contribution is -2.31. The molecule has 31 heavy (non-hydrogen) atoms. The van der Waals surface area contributed by atoms with Gasteiger partial charge in [0, 0.05) is 6.04 Å². The molecule has 0 aromatic rings. The first-order valence-electron chi connectivity index (χ1n) is 15.2. The van der Waals surface area contributed by atoms with E-state index in [0.29, 0.717) is 0 Å². The summed E-state index contributed by atoms with van der Waals surface area (Å²) in [6.45, 7) is 1.29. The average molecular weight is 434 g/mol. The summed E-state index contributed by atoms with van der Waals surface area (Å²) in [4.78, 5) is 0. The molecular weight excluding hydrogens is 374 g/mol. The van der Waals surface area contributed by atoms with Gasteiger partial charge in [0.2, 0.25) is 0 Å². The minimum Gasteiger partial charge on any atom is -0.314 e. The smallest absolute Gasteiger partial charge is 0.00670 e. The van der Waals surface area contributed by atoms with Gasteiger partial charge in [0.05, 0.1) is 0 Å². The van der Waals surface area contributed by atoms with Gasteiger partial charge < -0.3 is 5.32 Å². The lowest BCUT2D eigenvalue weighted by Gasteiger charge is -2.22. The summed E-state index contributed by atoms with van der Waals surface area (Å²) in [6, 6.07) is 0.805. The van der Waals surface area contributed by atoms with Crippen LogP contribution in [0.4, 0.5) is 0 Å². The highest BCUT2D eigenvalue weighted by Crippen LogP contribution is 2.23. The van der Waals surface area contributed by atoms with Crippen LogP contribution in [0.25, 0.3) is 0 Å². The SMILES string of the molecule is C1CCCCCCCC(NCCC2CCCCCCCCCCCC2)CCCCCC1. The van der Waals surface area contributed by atoms with E-state index in [1.807, 2.05) is 0 Å². The van der Waals surface area contributed by atoms with Crippen LogP contribution in [0, 0.1) is 5.92 Å². The molecule has 0 aromatic heterocycles. The van der Waals surface area contributed by atoms with E-state index in [1.54, 1.807) is 0 Å². The quantitative estimate of drug-likeness (QED) is 0.465. The van der Waals surface area contributed by atoms with Crippen LogP contribution in [0.15, 0.2) is 0 Å². The molecule has 0 aromatic carbocycles. The summed E-state index contributed by atoms with van der Waals surface area (Å²) in [5.41, 5.74) is 0. The van der Waals surface area contributed by atoms with Gasteiger partial charge in [-0.3, -0.25) is 0 Å². The Hall–Kier alpha value is -0.0400. The third-order valence-electron chi connectivity index (χ3n) is 8.32. The van der Waals surface area contributed by atoms with E-state index in [2.05, 4.69) is 5.32 Å². The molecule has 0 amide bonds. The molecule has 2 aliphatic rings. The predicted octanol–water partition coefficient (Wildman–Crippen LogP) is 10.1. The molecule has 0 radical (unpaired) electrons. The number of hydrogen-bond donors (Lipinski definition) is 1. The van der Waals surface area contributed by atoms with Crippen LogP contribution in [0.1, 0.15) is 173 Å².